The molecule has 0 aliphatic heterocycles. The Labute approximate surface area is 132 Å². The molecule has 0 amide bonds. The topological polar surface area (TPSA) is 109 Å². The molecule has 9 heteroatoms. The van der Waals surface area contributed by atoms with Gasteiger partial charge in [-0.2, -0.15) is 4.63 Å². The van der Waals surface area contributed by atoms with Gasteiger partial charge in [-0.25, -0.2) is 13.4 Å². The Kier molecular flexibility index (Phi) is 3.44. The van der Waals surface area contributed by atoms with Gasteiger partial charge in [0.25, 0.3) is 0 Å². The number of rotatable bonds is 4. The molecule has 2 aromatic heterocycles. The van der Waals surface area contributed by atoms with Crippen molar-refractivity contribution >= 4 is 27.1 Å². The smallest absolute Gasteiger partial charge is 0.229 e. The van der Waals surface area contributed by atoms with E-state index in [0.29, 0.717) is 34.0 Å². The van der Waals surface area contributed by atoms with E-state index in [0.717, 1.165) is 6.26 Å². The largest absolute Gasteiger partial charge is 0.294 e. The molecule has 8 nitrogen and oxygen atoms in total. The lowest BCUT2D eigenvalue weighted by Gasteiger charge is -2.03. The molecular weight excluding hydrogens is 318 g/mol. The summed E-state index contributed by atoms with van der Waals surface area (Å²) in [6.45, 7) is 3.27. The number of aromatic amines is 1. The Morgan fingerprint density at radius 1 is 1.26 bits per heavy atom. The molecule has 0 atom stereocenters. The van der Waals surface area contributed by atoms with E-state index in [1.807, 2.05) is 0 Å². The van der Waals surface area contributed by atoms with E-state index >= 15 is 0 Å². The number of nitrogens with one attached hydrogen (secondary N) is 2. The molecule has 23 heavy (non-hydrogen) atoms. The summed E-state index contributed by atoms with van der Waals surface area (Å²) in [5.41, 5.74) is 2.88. The summed E-state index contributed by atoms with van der Waals surface area (Å²) >= 11 is 0. The van der Waals surface area contributed by atoms with Crippen molar-refractivity contribution in [1.29, 1.82) is 0 Å². The van der Waals surface area contributed by atoms with Crippen LogP contribution >= 0.6 is 0 Å². The summed E-state index contributed by atoms with van der Waals surface area (Å²) < 4.78 is 26.2. The summed E-state index contributed by atoms with van der Waals surface area (Å²) in [5.74, 6) is 0.366. The molecule has 0 fully saturated rings. The van der Waals surface area contributed by atoms with Crippen LogP contribution in [0.4, 0.5) is 5.69 Å². The zero-order valence-corrected chi connectivity index (χ0v) is 13.6. The van der Waals surface area contributed by atoms with E-state index in [4.69, 9.17) is 0 Å². The van der Waals surface area contributed by atoms with Crippen molar-refractivity contribution < 1.29 is 13.2 Å². The number of hydrogen-bond donors (Lipinski definition) is 2. The van der Waals surface area contributed by atoms with Crippen molar-refractivity contribution in [2.24, 2.45) is 0 Å². The summed E-state index contributed by atoms with van der Waals surface area (Å²) in [6, 6.07) is 6.68. The maximum absolute atomic E-state index is 11.7. The third kappa shape index (κ3) is 2.95. The molecule has 0 aliphatic rings. The quantitative estimate of drug-likeness (QED) is 0.705. The standard InChI is InChI=1S/C14H15N5O3S/c1-8-12(9(2)20)14-15-13(17-19(14)16-8)10-4-6-11(7-5-10)18-23(3,21)22/h4-7,16,18H,1-3H3. The Morgan fingerprint density at radius 2 is 1.91 bits per heavy atom. The van der Waals surface area contributed by atoms with Crippen LogP contribution in [-0.2, 0) is 10.0 Å². The number of H-pyrrole nitrogens is 1. The van der Waals surface area contributed by atoms with E-state index < -0.39 is 10.0 Å². The first-order valence-electron chi connectivity index (χ1n) is 6.79. The number of carbonyl (C=O) groups is 1. The lowest BCUT2D eigenvalue weighted by atomic mass is 10.2. The van der Waals surface area contributed by atoms with E-state index in [1.165, 1.54) is 11.6 Å². The summed E-state index contributed by atoms with van der Waals surface area (Å²) in [5, 5.41) is 7.28. The Bertz CT molecular complexity index is 999. The van der Waals surface area contributed by atoms with Gasteiger partial charge in [-0.15, -0.1) is 5.10 Å². The average molecular weight is 333 g/mol. The second kappa shape index (κ2) is 5.20. The van der Waals surface area contributed by atoms with Crippen LogP contribution in [0.2, 0.25) is 0 Å². The lowest BCUT2D eigenvalue weighted by molar-refractivity contribution is 0.101. The molecule has 0 radical (unpaired) electrons. The zero-order chi connectivity index (χ0) is 16.8. The predicted molar refractivity (Wildman–Crippen MR) is 86.0 cm³/mol. The van der Waals surface area contributed by atoms with E-state index in [-0.39, 0.29) is 5.78 Å². The number of anilines is 1. The van der Waals surface area contributed by atoms with Gasteiger partial charge in [-0.05, 0) is 38.1 Å². The van der Waals surface area contributed by atoms with Crippen LogP contribution in [0.1, 0.15) is 23.0 Å². The predicted octanol–water partition coefficient (Wildman–Crippen LogP) is 1.61. The first-order chi connectivity index (χ1) is 10.7. The van der Waals surface area contributed by atoms with Gasteiger partial charge in [-0.3, -0.25) is 14.6 Å². The molecule has 3 aromatic rings. The number of ketones is 1. The van der Waals surface area contributed by atoms with E-state index in [9.17, 15) is 13.2 Å². The van der Waals surface area contributed by atoms with Gasteiger partial charge in [0.1, 0.15) is 0 Å². The molecule has 2 heterocycles. The number of aryl methyl sites for hydroxylation is 1. The van der Waals surface area contributed by atoms with Crippen LogP contribution in [-0.4, -0.2) is 40.3 Å². The van der Waals surface area contributed by atoms with Gasteiger partial charge in [0.2, 0.25) is 10.0 Å². The van der Waals surface area contributed by atoms with Crippen LogP contribution in [0, 0.1) is 6.92 Å². The minimum Gasteiger partial charge on any atom is -0.294 e. The molecule has 0 unspecified atom stereocenters. The van der Waals surface area contributed by atoms with Crippen molar-refractivity contribution in [3.8, 4) is 11.4 Å². The molecule has 2 N–H and O–H groups in total. The van der Waals surface area contributed by atoms with Crippen molar-refractivity contribution in [2.75, 3.05) is 11.0 Å². The fourth-order valence-electron chi connectivity index (χ4n) is 2.38. The van der Waals surface area contributed by atoms with Crippen molar-refractivity contribution in [1.82, 2.24) is 19.8 Å². The monoisotopic (exact) mass is 333 g/mol. The van der Waals surface area contributed by atoms with Crippen molar-refractivity contribution in [3.05, 3.63) is 35.5 Å². The van der Waals surface area contributed by atoms with Crippen LogP contribution in [0.15, 0.2) is 24.3 Å². The van der Waals surface area contributed by atoms with Gasteiger partial charge >= 0.3 is 0 Å². The van der Waals surface area contributed by atoms with Gasteiger partial charge in [0.15, 0.2) is 17.3 Å². The highest BCUT2D eigenvalue weighted by Crippen LogP contribution is 2.22. The van der Waals surface area contributed by atoms with E-state index in [1.54, 1.807) is 31.2 Å². The number of benzene rings is 1. The maximum atomic E-state index is 11.7. The Morgan fingerprint density at radius 3 is 2.48 bits per heavy atom. The number of sulfonamides is 1. The molecule has 0 saturated heterocycles. The third-order valence-electron chi connectivity index (χ3n) is 3.28. The van der Waals surface area contributed by atoms with Crippen LogP contribution < -0.4 is 4.72 Å². The van der Waals surface area contributed by atoms with E-state index in [2.05, 4.69) is 19.9 Å². The number of hydrogen-bond acceptors (Lipinski definition) is 5. The number of fused-ring (bicyclic) bond motifs is 1. The molecule has 0 saturated carbocycles. The van der Waals surface area contributed by atoms with Gasteiger partial charge in [0, 0.05) is 16.9 Å². The van der Waals surface area contributed by atoms with Crippen LogP contribution in [0.25, 0.3) is 17.0 Å². The van der Waals surface area contributed by atoms with Gasteiger partial charge in [0.05, 0.1) is 11.8 Å². The maximum Gasteiger partial charge on any atom is 0.229 e. The van der Waals surface area contributed by atoms with Crippen molar-refractivity contribution in [3.63, 3.8) is 0 Å². The van der Waals surface area contributed by atoms with Crippen LogP contribution in [0.5, 0.6) is 0 Å². The summed E-state index contributed by atoms with van der Waals surface area (Å²) in [4.78, 5) is 16.1. The molecular formula is C14H15N5O3S. The minimum atomic E-state index is -3.31. The first-order valence-corrected chi connectivity index (χ1v) is 8.68. The second-order valence-corrected chi connectivity index (χ2v) is 7.04. The van der Waals surface area contributed by atoms with Crippen molar-refractivity contribution in [2.45, 2.75) is 13.8 Å². The number of carbonyl (C=O) groups excluding carboxylic acids is 1. The second-order valence-electron chi connectivity index (χ2n) is 5.29. The normalized spacial score (nSPS) is 11.8. The number of Topliss-reactive ketones (excluding diaryl/α,β-unsaturated/α-hetero) is 1. The zero-order valence-electron chi connectivity index (χ0n) is 12.8. The molecule has 0 aliphatic carbocycles. The first kappa shape index (κ1) is 15.2. The molecule has 3 rings (SSSR count). The number of nitrogens with zero attached hydrogens (tertiary/aromatic N) is 3. The van der Waals surface area contributed by atoms with Crippen LogP contribution in [0.3, 0.4) is 0 Å². The lowest BCUT2D eigenvalue weighted by Crippen LogP contribution is -2.09. The summed E-state index contributed by atoms with van der Waals surface area (Å²) in [6.07, 6.45) is 1.09. The van der Waals surface area contributed by atoms with Gasteiger partial charge in [-0.1, -0.05) is 0 Å². The molecule has 0 bridgehead atoms. The van der Waals surface area contributed by atoms with Gasteiger partial charge < -0.3 is 0 Å². The number of aromatic nitrogens is 4. The molecule has 1 aromatic carbocycles. The Hall–Kier alpha value is -2.68. The highest BCUT2D eigenvalue weighted by molar-refractivity contribution is 7.92. The summed E-state index contributed by atoms with van der Waals surface area (Å²) in [7, 11) is -3.31. The SMILES string of the molecule is CC(=O)c1c(C)[nH]n2nc(-c3ccc(NS(C)(=O)=O)cc3)nc12. The highest BCUT2D eigenvalue weighted by atomic mass is 32.2. The molecule has 0 spiro atoms. The molecule has 120 valence electrons. The fraction of sp³-hybridized carbons (Fsp3) is 0.214. The average Bonchev–Trinajstić information content (AvgIpc) is 2.93. The minimum absolute atomic E-state index is 0.0830. The Balaban J connectivity index is 1.99. The highest BCUT2D eigenvalue weighted by Gasteiger charge is 2.17. The third-order valence-corrected chi connectivity index (χ3v) is 3.88. The fourth-order valence-corrected chi connectivity index (χ4v) is 2.94.